The SMILES string of the molecule is CN(Cc1cccnc1)S(=O)(=O)c1cnc(Cl)nc1. The number of hydrogen-bond donors (Lipinski definition) is 0. The largest absolute Gasteiger partial charge is 0.264 e. The molecule has 0 aromatic carbocycles. The number of nitrogens with zero attached hydrogens (tertiary/aromatic N) is 4. The number of sulfonamides is 1. The molecule has 6 nitrogen and oxygen atoms in total. The van der Waals surface area contributed by atoms with Gasteiger partial charge in [-0.25, -0.2) is 18.4 Å². The van der Waals surface area contributed by atoms with Gasteiger partial charge in [-0.3, -0.25) is 4.98 Å². The molecule has 0 aliphatic heterocycles. The van der Waals surface area contributed by atoms with Crippen LogP contribution in [-0.4, -0.2) is 34.7 Å². The van der Waals surface area contributed by atoms with Crippen molar-refractivity contribution in [1.82, 2.24) is 19.3 Å². The van der Waals surface area contributed by atoms with Crippen LogP contribution in [0.4, 0.5) is 0 Å². The monoisotopic (exact) mass is 298 g/mol. The molecule has 0 radical (unpaired) electrons. The zero-order valence-electron chi connectivity index (χ0n) is 10.1. The van der Waals surface area contributed by atoms with Gasteiger partial charge in [0.1, 0.15) is 4.90 Å². The maximum absolute atomic E-state index is 12.2. The van der Waals surface area contributed by atoms with Gasteiger partial charge in [0.15, 0.2) is 0 Å². The fraction of sp³-hybridized carbons (Fsp3) is 0.182. The van der Waals surface area contributed by atoms with Crippen molar-refractivity contribution < 1.29 is 8.42 Å². The van der Waals surface area contributed by atoms with Crippen LogP contribution in [0.1, 0.15) is 5.56 Å². The first-order chi connectivity index (χ1) is 9.00. The van der Waals surface area contributed by atoms with Crippen molar-refractivity contribution in [3.8, 4) is 0 Å². The molecule has 0 atom stereocenters. The van der Waals surface area contributed by atoms with Gasteiger partial charge in [-0.1, -0.05) is 6.07 Å². The van der Waals surface area contributed by atoms with Gasteiger partial charge in [-0.2, -0.15) is 4.31 Å². The summed E-state index contributed by atoms with van der Waals surface area (Å²) >= 11 is 5.53. The van der Waals surface area contributed by atoms with E-state index in [2.05, 4.69) is 15.0 Å². The molecule has 0 unspecified atom stereocenters. The Hall–Kier alpha value is -1.57. The molecular weight excluding hydrogens is 288 g/mol. The minimum absolute atomic E-state index is 0.00305. The second-order valence-corrected chi connectivity index (χ2v) is 6.19. The Bertz CT molecular complexity index is 646. The molecular formula is C11H11ClN4O2S. The second kappa shape index (κ2) is 5.60. The minimum atomic E-state index is -3.63. The highest BCUT2D eigenvalue weighted by Crippen LogP contribution is 2.15. The first-order valence-corrected chi connectivity index (χ1v) is 7.15. The Morgan fingerprint density at radius 3 is 2.53 bits per heavy atom. The topological polar surface area (TPSA) is 76.1 Å². The van der Waals surface area contributed by atoms with E-state index in [0.717, 1.165) is 5.56 Å². The highest BCUT2D eigenvalue weighted by molar-refractivity contribution is 7.89. The normalized spacial score (nSPS) is 11.7. The standard InChI is InChI=1S/C11H11ClN4O2S/c1-16(8-9-3-2-4-13-5-9)19(17,18)10-6-14-11(12)15-7-10/h2-7H,8H2,1H3. The summed E-state index contributed by atoms with van der Waals surface area (Å²) in [7, 11) is -2.15. The van der Waals surface area contributed by atoms with E-state index in [1.807, 2.05) is 0 Å². The van der Waals surface area contributed by atoms with Gasteiger partial charge >= 0.3 is 0 Å². The molecule has 0 aliphatic rings. The second-order valence-electron chi connectivity index (χ2n) is 3.81. The summed E-state index contributed by atoms with van der Waals surface area (Å²) < 4.78 is 25.7. The molecule has 0 N–H and O–H groups in total. The minimum Gasteiger partial charge on any atom is -0.264 e. The Balaban J connectivity index is 2.22. The summed E-state index contributed by atoms with van der Waals surface area (Å²) in [6.07, 6.45) is 5.62. The number of rotatable bonds is 4. The third-order valence-corrected chi connectivity index (χ3v) is 4.38. The van der Waals surface area contributed by atoms with Gasteiger partial charge in [0, 0.05) is 26.0 Å². The van der Waals surface area contributed by atoms with E-state index in [-0.39, 0.29) is 16.7 Å². The van der Waals surface area contributed by atoms with Gasteiger partial charge in [0.2, 0.25) is 15.3 Å². The molecule has 8 heteroatoms. The Labute approximate surface area is 116 Å². The lowest BCUT2D eigenvalue weighted by atomic mass is 10.3. The lowest BCUT2D eigenvalue weighted by Crippen LogP contribution is -2.26. The van der Waals surface area contributed by atoms with Gasteiger partial charge < -0.3 is 0 Å². The maximum atomic E-state index is 12.2. The fourth-order valence-corrected chi connectivity index (χ4v) is 2.60. The van der Waals surface area contributed by atoms with Crippen molar-refractivity contribution in [2.75, 3.05) is 7.05 Å². The van der Waals surface area contributed by atoms with E-state index < -0.39 is 10.0 Å². The van der Waals surface area contributed by atoms with E-state index in [1.54, 1.807) is 24.5 Å². The molecule has 19 heavy (non-hydrogen) atoms. The molecule has 0 bridgehead atoms. The van der Waals surface area contributed by atoms with Crippen molar-refractivity contribution in [2.24, 2.45) is 0 Å². The lowest BCUT2D eigenvalue weighted by Gasteiger charge is -2.16. The molecule has 2 rings (SSSR count). The van der Waals surface area contributed by atoms with Crippen LogP contribution in [-0.2, 0) is 16.6 Å². The Kier molecular flexibility index (Phi) is 4.08. The van der Waals surface area contributed by atoms with Crippen LogP contribution in [0, 0.1) is 0 Å². The molecule has 0 aliphatic carbocycles. The van der Waals surface area contributed by atoms with E-state index in [9.17, 15) is 8.42 Å². The number of halogens is 1. The van der Waals surface area contributed by atoms with Gasteiger partial charge in [0.25, 0.3) is 0 Å². The van der Waals surface area contributed by atoms with Crippen LogP contribution in [0.25, 0.3) is 0 Å². The average Bonchev–Trinajstić information content (AvgIpc) is 2.40. The summed E-state index contributed by atoms with van der Waals surface area (Å²) in [5, 5.41) is 0.00821. The summed E-state index contributed by atoms with van der Waals surface area (Å²) in [6.45, 7) is 0.221. The Morgan fingerprint density at radius 1 is 1.26 bits per heavy atom. The van der Waals surface area contributed by atoms with E-state index in [0.29, 0.717) is 0 Å². The number of aromatic nitrogens is 3. The van der Waals surface area contributed by atoms with Crippen LogP contribution in [0.5, 0.6) is 0 Å². The molecule has 2 heterocycles. The molecule has 0 fully saturated rings. The molecule has 0 saturated carbocycles. The predicted octanol–water partition coefficient (Wildman–Crippen LogP) is 1.35. The third kappa shape index (κ3) is 3.25. The average molecular weight is 299 g/mol. The molecule has 2 aromatic rings. The summed E-state index contributed by atoms with van der Waals surface area (Å²) in [4.78, 5) is 11.3. The smallest absolute Gasteiger partial charge is 0.246 e. The summed E-state index contributed by atoms with van der Waals surface area (Å²) in [5.41, 5.74) is 0.795. The summed E-state index contributed by atoms with van der Waals surface area (Å²) in [5.74, 6) is 0. The molecule has 0 amide bonds. The van der Waals surface area contributed by atoms with Crippen LogP contribution < -0.4 is 0 Å². The molecule has 0 saturated heterocycles. The summed E-state index contributed by atoms with van der Waals surface area (Å²) in [6, 6.07) is 3.55. The van der Waals surface area contributed by atoms with Crippen molar-refractivity contribution in [3.63, 3.8) is 0 Å². The first kappa shape index (κ1) is 13.9. The Morgan fingerprint density at radius 2 is 1.95 bits per heavy atom. The highest BCUT2D eigenvalue weighted by atomic mass is 35.5. The quantitative estimate of drug-likeness (QED) is 0.796. The van der Waals surface area contributed by atoms with Crippen LogP contribution >= 0.6 is 11.6 Å². The van der Waals surface area contributed by atoms with Gasteiger partial charge in [0.05, 0.1) is 12.4 Å². The molecule has 2 aromatic heterocycles. The van der Waals surface area contributed by atoms with Crippen LogP contribution in [0.15, 0.2) is 41.8 Å². The van der Waals surface area contributed by atoms with Crippen LogP contribution in [0.2, 0.25) is 5.28 Å². The van der Waals surface area contributed by atoms with Crippen molar-refractivity contribution in [1.29, 1.82) is 0 Å². The molecule has 0 spiro atoms. The number of hydrogen-bond acceptors (Lipinski definition) is 5. The van der Waals surface area contributed by atoms with Crippen molar-refractivity contribution in [3.05, 3.63) is 47.8 Å². The van der Waals surface area contributed by atoms with E-state index >= 15 is 0 Å². The van der Waals surface area contributed by atoms with E-state index in [1.165, 1.54) is 23.7 Å². The van der Waals surface area contributed by atoms with E-state index in [4.69, 9.17) is 11.6 Å². The third-order valence-electron chi connectivity index (χ3n) is 2.43. The van der Waals surface area contributed by atoms with Gasteiger partial charge in [-0.15, -0.1) is 0 Å². The molecule has 100 valence electrons. The number of pyridine rings is 1. The zero-order chi connectivity index (χ0) is 13.9. The zero-order valence-corrected chi connectivity index (χ0v) is 11.6. The van der Waals surface area contributed by atoms with Crippen molar-refractivity contribution in [2.45, 2.75) is 11.4 Å². The highest BCUT2D eigenvalue weighted by Gasteiger charge is 2.21. The first-order valence-electron chi connectivity index (χ1n) is 5.33. The van der Waals surface area contributed by atoms with Crippen molar-refractivity contribution >= 4 is 21.6 Å². The van der Waals surface area contributed by atoms with Gasteiger partial charge in [-0.05, 0) is 23.2 Å². The van der Waals surface area contributed by atoms with Crippen LogP contribution in [0.3, 0.4) is 0 Å². The maximum Gasteiger partial charge on any atom is 0.246 e. The lowest BCUT2D eigenvalue weighted by molar-refractivity contribution is 0.465. The fourth-order valence-electron chi connectivity index (χ4n) is 1.45. The predicted molar refractivity (Wildman–Crippen MR) is 69.9 cm³/mol.